The van der Waals surface area contributed by atoms with Gasteiger partial charge in [0, 0.05) is 23.7 Å². The van der Waals surface area contributed by atoms with Gasteiger partial charge in [-0.1, -0.05) is 55.4 Å². The largest absolute Gasteiger partial charge is 0.496 e. The third-order valence-electron chi connectivity index (χ3n) is 4.43. The van der Waals surface area contributed by atoms with Gasteiger partial charge in [-0.3, -0.25) is 14.2 Å². The molecule has 0 spiro atoms. The van der Waals surface area contributed by atoms with Gasteiger partial charge in [-0.15, -0.1) is 0 Å². The fourth-order valence-corrected chi connectivity index (χ4v) is 4.04. The van der Waals surface area contributed by atoms with Gasteiger partial charge in [0.05, 0.1) is 23.8 Å². The minimum atomic E-state index is -0.146. The zero-order valence-electron chi connectivity index (χ0n) is 17.1. The van der Waals surface area contributed by atoms with Crippen LogP contribution in [0.4, 0.5) is 0 Å². The molecule has 0 radical (unpaired) electrons. The maximum Gasteiger partial charge on any atom is 0.262 e. The quantitative estimate of drug-likeness (QED) is 0.417. The molecule has 1 amide bonds. The van der Waals surface area contributed by atoms with E-state index in [1.807, 2.05) is 38.1 Å². The van der Waals surface area contributed by atoms with Crippen LogP contribution in [0.25, 0.3) is 10.9 Å². The van der Waals surface area contributed by atoms with Gasteiger partial charge in [0.15, 0.2) is 5.16 Å². The van der Waals surface area contributed by atoms with Gasteiger partial charge in [-0.25, -0.2) is 4.98 Å². The number of carbonyl (C=O) groups excluding carboxylic acids is 1. The fourth-order valence-electron chi connectivity index (χ4n) is 3.03. The van der Waals surface area contributed by atoms with E-state index < -0.39 is 0 Å². The molecule has 0 atom stereocenters. The van der Waals surface area contributed by atoms with Crippen molar-refractivity contribution < 1.29 is 9.53 Å². The second kappa shape index (κ2) is 10.00. The van der Waals surface area contributed by atoms with Gasteiger partial charge < -0.3 is 10.1 Å². The van der Waals surface area contributed by atoms with Crippen LogP contribution >= 0.6 is 23.4 Å². The number of nitrogens with one attached hydrogen (secondary N) is 1. The van der Waals surface area contributed by atoms with Gasteiger partial charge in [-0.2, -0.15) is 0 Å². The normalized spacial score (nSPS) is 11.1. The highest BCUT2D eigenvalue weighted by Gasteiger charge is 2.15. The Hall–Kier alpha value is -2.51. The summed E-state index contributed by atoms with van der Waals surface area (Å²) in [5.41, 5.74) is 1.32. The number of fused-ring (bicyclic) bond motifs is 1. The molecule has 0 aliphatic heterocycles. The Balaban J connectivity index is 1.76. The van der Waals surface area contributed by atoms with Crippen LogP contribution in [0.3, 0.4) is 0 Å². The summed E-state index contributed by atoms with van der Waals surface area (Å²) >= 11 is 7.31. The summed E-state index contributed by atoms with van der Waals surface area (Å²) in [7, 11) is 1.60. The molecular formula is C22H24ClN3O3S. The summed E-state index contributed by atoms with van der Waals surface area (Å²) in [4.78, 5) is 30.0. The molecule has 0 bridgehead atoms. The highest BCUT2D eigenvalue weighted by molar-refractivity contribution is 7.99. The number of hydrogen-bond donors (Lipinski definition) is 1. The number of hydrogen-bond acceptors (Lipinski definition) is 5. The Kier molecular flexibility index (Phi) is 7.39. The summed E-state index contributed by atoms with van der Waals surface area (Å²) < 4.78 is 6.93. The first-order valence-corrected chi connectivity index (χ1v) is 11.0. The lowest BCUT2D eigenvalue weighted by atomic mass is 10.2. The molecule has 0 unspecified atom stereocenters. The zero-order valence-corrected chi connectivity index (χ0v) is 18.7. The number of amides is 1. The lowest BCUT2D eigenvalue weighted by Crippen LogP contribution is -2.28. The van der Waals surface area contributed by atoms with E-state index >= 15 is 0 Å². The highest BCUT2D eigenvalue weighted by atomic mass is 35.5. The van der Waals surface area contributed by atoms with Crippen molar-refractivity contribution in [1.29, 1.82) is 0 Å². The van der Waals surface area contributed by atoms with Crippen molar-refractivity contribution in [3.8, 4) is 5.75 Å². The first-order valence-electron chi connectivity index (χ1n) is 9.60. The van der Waals surface area contributed by atoms with E-state index in [1.54, 1.807) is 29.9 Å². The predicted molar refractivity (Wildman–Crippen MR) is 121 cm³/mol. The second-order valence-electron chi connectivity index (χ2n) is 7.24. The fraction of sp³-hybridized carbons (Fsp3) is 0.318. The van der Waals surface area contributed by atoms with E-state index in [-0.39, 0.29) is 23.1 Å². The number of para-hydroxylation sites is 1. The van der Waals surface area contributed by atoms with E-state index in [1.165, 1.54) is 11.8 Å². The number of benzene rings is 2. The van der Waals surface area contributed by atoms with Crippen molar-refractivity contribution in [2.75, 3.05) is 12.9 Å². The molecule has 8 heteroatoms. The third-order valence-corrected chi connectivity index (χ3v) is 5.64. The molecule has 1 heterocycles. The predicted octanol–water partition coefficient (Wildman–Crippen LogP) is 4.12. The molecule has 0 aliphatic rings. The van der Waals surface area contributed by atoms with E-state index in [2.05, 4.69) is 10.3 Å². The molecule has 1 N–H and O–H groups in total. The Labute approximate surface area is 184 Å². The monoisotopic (exact) mass is 445 g/mol. The molecule has 0 fully saturated rings. The minimum absolute atomic E-state index is 0.145. The van der Waals surface area contributed by atoms with E-state index in [4.69, 9.17) is 16.3 Å². The summed E-state index contributed by atoms with van der Waals surface area (Å²) in [5, 5.41) is 4.39. The van der Waals surface area contributed by atoms with Crippen LogP contribution in [0, 0.1) is 5.92 Å². The molecule has 1 aromatic heterocycles. The first-order chi connectivity index (χ1) is 14.4. The molecule has 0 saturated carbocycles. The molecule has 0 saturated heterocycles. The van der Waals surface area contributed by atoms with Crippen LogP contribution in [-0.4, -0.2) is 28.3 Å². The Morgan fingerprint density at radius 2 is 2.03 bits per heavy atom. The van der Waals surface area contributed by atoms with Crippen molar-refractivity contribution in [3.05, 3.63) is 63.4 Å². The van der Waals surface area contributed by atoms with Crippen molar-refractivity contribution in [2.24, 2.45) is 5.92 Å². The molecule has 3 rings (SSSR count). The van der Waals surface area contributed by atoms with Crippen molar-refractivity contribution >= 4 is 40.2 Å². The highest BCUT2D eigenvalue weighted by Crippen LogP contribution is 2.21. The second-order valence-corrected chi connectivity index (χ2v) is 8.62. The van der Waals surface area contributed by atoms with Crippen LogP contribution < -0.4 is 15.6 Å². The molecular weight excluding hydrogens is 422 g/mol. The summed E-state index contributed by atoms with van der Waals surface area (Å²) in [6.45, 7) is 4.94. The molecule has 2 aromatic carbocycles. The van der Waals surface area contributed by atoms with Gasteiger partial charge in [0.25, 0.3) is 5.56 Å². The topological polar surface area (TPSA) is 73.2 Å². The van der Waals surface area contributed by atoms with Gasteiger partial charge in [0.2, 0.25) is 5.91 Å². The van der Waals surface area contributed by atoms with E-state index in [9.17, 15) is 9.59 Å². The van der Waals surface area contributed by atoms with Crippen molar-refractivity contribution in [3.63, 3.8) is 0 Å². The molecule has 0 aliphatic carbocycles. The molecule has 30 heavy (non-hydrogen) atoms. The number of ether oxygens (including phenoxy) is 1. The first kappa shape index (κ1) is 22.2. The van der Waals surface area contributed by atoms with Crippen LogP contribution in [0.5, 0.6) is 5.75 Å². The van der Waals surface area contributed by atoms with Gasteiger partial charge in [0.1, 0.15) is 5.75 Å². The number of nitrogens with zero attached hydrogens (tertiary/aromatic N) is 2. The molecule has 158 valence electrons. The van der Waals surface area contributed by atoms with Gasteiger partial charge in [-0.05, 0) is 30.2 Å². The van der Waals surface area contributed by atoms with E-state index in [0.29, 0.717) is 34.2 Å². The average molecular weight is 446 g/mol. The Morgan fingerprint density at radius 1 is 1.27 bits per heavy atom. The standard InChI is InChI=1S/C22H24ClN3O3S/c1-14(2)12-26-21(28)17-10-16(23)8-9-18(17)25-22(26)30-13-20(27)24-11-15-6-4-5-7-19(15)29-3/h4-10,14H,11-13H2,1-3H3,(H,24,27). The SMILES string of the molecule is COc1ccccc1CNC(=O)CSc1nc2ccc(Cl)cc2c(=O)n1CC(C)C. The number of carbonyl (C=O) groups is 1. The van der Waals surface area contributed by atoms with Gasteiger partial charge >= 0.3 is 0 Å². The summed E-state index contributed by atoms with van der Waals surface area (Å²) in [5.74, 6) is 0.983. The maximum atomic E-state index is 13.0. The minimum Gasteiger partial charge on any atom is -0.496 e. The van der Waals surface area contributed by atoms with Crippen molar-refractivity contribution in [2.45, 2.75) is 32.1 Å². The Bertz CT molecular complexity index is 1110. The zero-order chi connectivity index (χ0) is 21.7. The number of thioether (sulfide) groups is 1. The van der Waals surface area contributed by atoms with E-state index in [0.717, 1.165) is 11.3 Å². The maximum absolute atomic E-state index is 13.0. The number of halogens is 1. The van der Waals surface area contributed by atoms with Crippen LogP contribution in [0.2, 0.25) is 5.02 Å². The third kappa shape index (κ3) is 5.34. The molecule has 6 nitrogen and oxygen atoms in total. The summed E-state index contributed by atoms with van der Waals surface area (Å²) in [6.07, 6.45) is 0. The number of rotatable bonds is 8. The van der Waals surface area contributed by atoms with Crippen LogP contribution in [0.1, 0.15) is 19.4 Å². The van der Waals surface area contributed by atoms with Crippen LogP contribution in [0.15, 0.2) is 52.4 Å². The number of aromatic nitrogens is 2. The van der Waals surface area contributed by atoms with Crippen molar-refractivity contribution in [1.82, 2.24) is 14.9 Å². The Morgan fingerprint density at radius 3 is 2.77 bits per heavy atom. The van der Waals surface area contributed by atoms with Crippen LogP contribution in [-0.2, 0) is 17.9 Å². The number of methoxy groups -OCH3 is 1. The summed E-state index contributed by atoms with van der Waals surface area (Å²) in [6, 6.07) is 12.6. The molecule has 3 aromatic rings. The lowest BCUT2D eigenvalue weighted by Gasteiger charge is -2.15. The smallest absolute Gasteiger partial charge is 0.262 e. The average Bonchev–Trinajstić information content (AvgIpc) is 2.73. The lowest BCUT2D eigenvalue weighted by molar-refractivity contribution is -0.118.